The van der Waals surface area contributed by atoms with Crippen molar-refractivity contribution >= 4 is 11.9 Å². The molecule has 0 bridgehead atoms. The monoisotopic (exact) mass is 327 g/mol. The third kappa shape index (κ3) is 7.17. The van der Waals surface area contributed by atoms with Crippen molar-refractivity contribution in [2.75, 3.05) is 41.5 Å². The molecule has 0 radical (unpaired) electrons. The Bertz CT molecular complexity index is 430. The minimum absolute atomic E-state index is 0.282. The number of carbonyl (C=O) groups excluding carboxylic acids is 2. The average molecular weight is 327 g/mol. The van der Waals surface area contributed by atoms with Gasteiger partial charge in [0.15, 0.2) is 6.10 Å². The largest absolute Gasteiger partial charge is 0.463 e. The topological polar surface area (TPSA) is 89.5 Å². The molecule has 0 saturated heterocycles. The van der Waals surface area contributed by atoms with Crippen LogP contribution in [0, 0.1) is 0 Å². The first kappa shape index (κ1) is 13.2. The highest BCUT2D eigenvalue weighted by Gasteiger charge is 2.38. The summed E-state index contributed by atoms with van der Waals surface area (Å²) in [6.07, 6.45) is -5.08. The Morgan fingerprint density at radius 3 is 2.09 bits per heavy atom. The fraction of sp³-hybridized carbons (Fsp3) is 0.857. The molecule has 0 heterocycles. The molecule has 0 rings (SSSR count). The Morgan fingerprint density at radius 2 is 1.59 bits per heavy atom. The highest BCUT2D eigenvalue weighted by molar-refractivity contribution is 5.66. The first-order valence-corrected chi connectivity index (χ1v) is 6.18. The van der Waals surface area contributed by atoms with Gasteiger partial charge in [-0.05, 0) is 0 Å². The maximum absolute atomic E-state index is 11.4. The number of hydrogen-bond donors (Lipinski definition) is 0. The van der Waals surface area contributed by atoms with E-state index in [-0.39, 0.29) is 6.61 Å². The van der Waals surface area contributed by atoms with E-state index in [2.05, 4.69) is 0 Å². The highest BCUT2D eigenvalue weighted by Crippen LogP contribution is 2.17. The van der Waals surface area contributed by atoms with E-state index in [1.54, 1.807) is 0 Å². The summed E-state index contributed by atoms with van der Waals surface area (Å²) >= 11 is 0. The first-order chi connectivity index (χ1) is 12.8. The molecule has 5 atom stereocenters. The van der Waals surface area contributed by atoms with E-state index in [0.717, 1.165) is 13.8 Å². The molecule has 0 aromatic carbocycles. The maximum Gasteiger partial charge on any atom is 0.303 e. The molecule has 1 unspecified atom stereocenters. The molecule has 8 nitrogen and oxygen atoms in total. The van der Waals surface area contributed by atoms with Gasteiger partial charge in [-0.3, -0.25) is 9.59 Å². The molecule has 0 fully saturated rings. The molecule has 0 aliphatic rings. The third-order valence-corrected chi connectivity index (χ3v) is 2.56. The predicted molar refractivity (Wildman–Crippen MR) is 76.5 cm³/mol. The van der Waals surface area contributed by atoms with Crippen LogP contribution in [-0.4, -0.2) is 77.9 Å². The molecule has 0 aliphatic heterocycles. The summed E-state index contributed by atoms with van der Waals surface area (Å²) in [6, 6.07) is 0. The molecular weight excluding hydrogens is 296 g/mol. The second-order valence-electron chi connectivity index (χ2n) is 4.16. The van der Waals surface area contributed by atoms with Crippen LogP contribution in [0.15, 0.2) is 0 Å². The third-order valence-electron chi connectivity index (χ3n) is 2.56. The zero-order valence-corrected chi connectivity index (χ0v) is 12.7. The van der Waals surface area contributed by atoms with Gasteiger partial charge in [0.25, 0.3) is 0 Å². The molecule has 130 valence electrons. The van der Waals surface area contributed by atoms with E-state index in [9.17, 15) is 9.59 Å². The average Bonchev–Trinajstić information content (AvgIpc) is 2.59. The van der Waals surface area contributed by atoms with Gasteiger partial charge in [-0.15, -0.1) is 0 Å². The summed E-state index contributed by atoms with van der Waals surface area (Å²) in [6.45, 7) is 0.308. The zero-order chi connectivity index (χ0) is 20.8. The first-order valence-electron chi connectivity index (χ1n) is 9.59. The summed E-state index contributed by atoms with van der Waals surface area (Å²) in [7, 11) is -2.25. The van der Waals surface area contributed by atoms with Gasteiger partial charge in [-0.2, -0.15) is 0 Å². The second kappa shape index (κ2) is 11.4. The number of hydrogen-bond acceptors (Lipinski definition) is 8. The van der Waals surface area contributed by atoms with Gasteiger partial charge in [0.2, 0.25) is 0 Å². The van der Waals surface area contributed by atoms with Gasteiger partial charge in [0, 0.05) is 42.2 Å². The molecule has 0 aromatic rings. The van der Waals surface area contributed by atoms with E-state index in [1.807, 2.05) is 0 Å². The van der Waals surface area contributed by atoms with Crippen molar-refractivity contribution < 1.29 is 44.9 Å². The molecule has 22 heavy (non-hydrogen) atoms. The molecule has 0 amide bonds. The molecule has 0 spiro atoms. The van der Waals surface area contributed by atoms with Crippen LogP contribution in [0.25, 0.3) is 0 Å². The number of ether oxygens (including phenoxy) is 6. The van der Waals surface area contributed by atoms with Gasteiger partial charge < -0.3 is 28.4 Å². The molecule has 8 heteroatoms. The van der Waals surface area contributed by atoms with Crippen LogP contribution in [0.4, 0.5) is 0 Å². The Balaban J connectivity index is 5.77. The fourth-order valence-electron chi connectivity index (χ4n) is 1.69. The van der Waals surface area contributed by atoms with Crippen molar-refractivity contribution in [2.24, 2.45) is 0 Å². The maximum atomic E-state index is 11.4. The summed E-state index contributed by atoms with van der Waals surface area (Å²) < 4.78 is 67.4. The standard InChI is InChI=1S/C14H26O8/c1-9(15)21-8-11(18-4)13(19-5)14(20-6)12(7-17-3)22-10(2)16/h11-14H,7-8H2,1-6H3/t11-,12+,13+,14+/m0/s1/i3D,4D,5D,6D,8D/t8?,11-,12+,13+,14+. The van der Waals surface area contributed by atoms with Crippen molar-refractivity contribution in [3.05, 3.63) is 0 Å². The molecule has 0 aromatic heterocycles. The van der Waals surface area contributed by atoms with E-state index in [0.29, 0.717) is 0 Å². The minimum Gasteiger partial charge on any atom is -0.463 e. The van der Waals surface area contributed by atoms with Crippen molar-refractivity contribution in [3.8, 4) is 0 Å². The Kier molecular flexibility index (Phi) is 6.84. The minimum atomic E-state index is -1.63. The predicted octanol–water partition coefficient (Wildman–Crippen LogP) is 0.173. The van der Waals surface area contributed by atoms with E-state index in [1.165, 1.54) is 0 Å². The number of carbonyl (C=O) groups is 2. The highest BCUT2D eigenvalue weighted by atomic mass is 16.6. The van der Waals surface area contributed by atoms with Gasteiger partial charge >= 0.3 is 11.9 Å². The van der Waals surface area contributed by atoms with Crippen LogP contribution in [0.5, 0.6) is 0 Å². The van der Waals surface area contributed by atoms with Gasteiger partial charge in [-0.25, -0.2) is 0 Å². The zero-order valence-electron chi connectivity index (χ0n) is 17.7. The smallest absolute Gasteiger partial charge is 0.303 e. The Labute approximate surface area is 138 Å². The van der Waals surface area contributed by atoms with E-state index >= 15 is 0 Å². The van der Waals surface area contributed by atoms with Crippen LogP contribution in [0.1, 0.15) is 20.7 Å². The van der Waals surface area contributed by atoms with Crippen LogP contribution in [-0.2, 0) is 38.0 Å². The molecule has 0 N–H and O–H groups in total. The summed E-state index contributed by atoms with van der Waals surface area (Å²) in [5.74, 6) is -1.47. The van der Waals surface area contributed by atoms with E-state index in [4.69, 9.17) is 35.3 Å². The Morgan fingerprint density at radius 1 is 0.955 bits per heavy atom. The van der Waals surface area contributed by atoms with Crippen LogP contribution < -0.4 is 0 Å². The molecular formula is C14H26O8. The van der Waals surface area contributed by atoms with Crippen molar-refractivity contribution in [1.82, 2.24) is 0 Å². The van der Waals surface area contributed by atoms with E-state index < -0.39 is 71.3 Å². The number of esters is 2. The van der Waals surface area contributed by atoms with Crippen molar-refractivity contribution in [1.29, 1.82) is 0 Å². The summed E-state index contributed by atoms with van der Waals surface area (Å²) in [5.41, 5.74) is 0. The quantitative estimate of drug-likeness (QED) is 0.496. The lowest BCUT2D eigenvalue weighted by Gasteiger charge is -2.34. The lowest BCUT2D eigenvalue weighted by Crippen LogP contribution is -2.51. The summed E-state index contributed by atoms with van der Waals surface area (Å²) in [4.78, 5) is 22.6. The lowest BCUT2D eigenvalue weighted by atomic mass is 10.0. The van der Waals surface area contributed by atoms with Crippen LogP contribution in [0.2, 0.25) is 0 Å². The lowest BCUT2D eigenvalue weighted by molar-refractivity contribution is -0.185. The second-order valence-corrected chi connectivity index (χ2v) is 4.16. The fourth-order valence-corrected chi connectivity index (χ4v) is 1.69. The number of rotatable bonds is 11. The molecule has 0 aliphatic carbocycles. The Hall–Kier alpha value is -1.22. The van der Waals surface area contributed by atoms with Crippen LogP contribution in [0.3, 0.4) is 0 Å². The van der Waals surface area contributed by atoms with Crippen molar-refractivity contribution in [2.45, 2.75) is 38.3 Å². The van der Waals surface area contributed by atoms with Crippen molar-refractivity contribution in [3.63, 3.8) is 0 Å². The molecule has 0 saturated carbocycles. The summed E-state index contributed by atoms with van der Waals surface area (Å²) in [5, 5.41) is 0. The van der Waals surface area contributed by atoms with Gasteiger partial charge in [0.05, 0.1) is 13.5 Å². The van der Waals surface area contributed by atoms with Crippen LogP contribution >= 0.6 is 0 Å². The normalized spacial score (nSPS) is 20.9. The van der Waals surface area contributed by atoms with Gasteiger partial charge in [0.1, 0.15) is 24.9 Å². The van der Waals surface area contributed by atoms with Gasteiger partial charge in [-0.1, -0.05) is 0 Å². The number of methoxy groups -OCH3 is 4. The SMILES string of the molecule is [2H]COC[C@@H](OC(C)=O)[C@@H](OC[2H])[C@H](OC[2H])[C@@H](OC[2H])C([2H])OC(C)=O.